The minimum absolute atomic E-state index is 0.0608. The molecule has 5 heteroatoms. The highest BCUT2D eigenvalue weighted by molar-refractivity contribution is 9.10. The number of nitrogens with zero attached hydrogens (tertiary/aromatic N) is 1. The fraction of sp³-hybridized carbons (Fsp3) is 0.538. The largest absolute Gasteiger partial charge is 0.317 e. The van der Waals surface area contributed by atoms with E-state index in [0.29, 0.717) is 10.9 Å². The van der Waals surface area contributed by atoms with Crippen LogP contribution >= 0.6 is 15.9 Å². The van der Waals surface area contributed by atoms with Gasteiger partial charge in [0.2, 0.25) is 0 Å². The van der Waals surface area contributed by atoms with Crippen LogP contribution in [0.4, 0.5) is 8.78 Å². The summed E-state index contributed by atoms with van der Waals surface area (Å²) in [4.78, 5) is 2.05. The van der Waals surface area contributed by atoms with Gasteiger partial charge in [-0.15, -0.1) is 0 Å². The van der Waals surface area contributed by atoms with Crippen molar-refractivity contribution in [2.45, 2.75) is 18.9 Å². The van der Waals surface area contributed by atoms with E-state index in [2.05, 4.69) is 26.1 Å². The Bertz CT molecular complexity index is 397. The van der Waals surface area contributed by atoms with Crippen molar-refractivity contribution in [2.24, 2.45) is 0 Å². The van der Waals surface area contributed by atoms with Gasteiger partial charge in [0.1, 0.15) is 11.6 Å². The van der Waals surface area contributed by atoms with E-state index in [0.717, 1.165) is 13.0 Å². The highest BCUT2D eigenvalue weighted by Gasteiger charge is 2.16. The highest BCUT2D eigenvalue weighted by atomic mass is 79.9. The predicted octanol–water partition coefficient (Wildman–Crippen LogP) is 2.81. The Kier molecular flexibility index (Phi) is 6.18. The molecule has 0 fully saturated rings. The van der Waals surface area contributed by atoms with Crippen LogP contribution in [0, 0.1) is 11.6 Å². The summed E-state index contributed by atoms with van der Waals surface area (Å²) >= 11 is 3.08. The summed E-state index contributed by atoms with van der Waals surface area (Å²) in [6.07, 6.45) is 1.19. The molecule has 1 aromatic carbocycles. The molecule has 1 atom stereocenters. The number of likely N-dealkylation sites (N-methyl/N-ethyl adjacent to an activating group) is 1. The molecule has 0 radical (unpaired) electrons. The Morgan fingerprint density at radius 3 is 2.56 bits per heavy atom. The molecule has 0 aliphatic rings. The van der Waals surface area contributed by atoms with Crippen LogP contribution < -0.4 is 5.32 Å². The van der Waals surface area contributed by atoms with E-state index in [1.807, 2.05) is 21.1 Å². The minimum atomic E-state index is -0.500. The van der Waals surface area contributed by atoms with Gasteiger partial charge in [-0.05, 0) is 68.6 Å². The average Bonchev–Trinajstić information content (AvgIpc) is 2.33. The maximum absolute atomic E-state index is 13.8. The Balaban J connectivity index is 2.78. The first-order valence-electron chi connectivity index (χ1n) is 5.90. The van der Waals surface area contributed by atoms with E-state index in [1.165, 1.54) is 12.1 Å². The fourth-order valence-electron chi connectivity index (χ4n) is 1.77. The molecule has 0 spiro atoms. The molecule has 0 bridgehead atoms. The van der Waals surface area contributed by atoms with Gasteiger partial charge in [0.15, 0.2) is 0 Å². The van der Waals surface area contributed by atoms with Gasteiger partial charge in [-0.25, -0.2) is 8.78 Å². The van der Waals surface area contributed by atoms with Crippen molar-refractivity contribution in [2.75, 3.05) is 27.7 Å². The standard InChI is InChI=1S/C13H19BrF2N2/c1-17-9(6-7-18(2)3)8-10-12(15)5-4-11(14)13(10)16/h4-5,9,17H,6-8H2,1-3H3. The first kappa shape index (κ1) is 15.5. The van der Waals surface area contributed by atoms with Crippen LogP contribution in [-0.2, 0) is 6.42 Å². The summed E-state index contributed by atoms with van der Waals surface area (Å²) < 4.78 is 27.8. The van der Waals surface area contributed by atoms with Gasteiger partial charge >= 0.3 is 0 Å². The van der Waals surface area contributed by atoms with Gasteiger partial charge in [-0.3, -0.25) is 0 Å². The van der Waals surface area contributed by atoms with Gasteiger partial charge in [-0.1, -0.05) is 0 Å². The third-order valence-electron chi connectivity index (χ3n) is 2.92. The summed E-state index contributed by atoms with van der Waals surface area (Å²) in [5.41, 5.74) is 0.141. The zero-order valence-corrected chi connectivity index (χ0v) is 12.5. The zero-order chi connectivity index (χ0) is 13.7. The normalized spacial score (nSPS) is 13.1. The molecule has 102 valence electrons. The van der Waals surface area contributed by atoms with Crippen molar-refractivity contribution in [3.63, 3.8) is 0 Å². The molecule has 0 amide bonds. The van der Waals surface area contributed by atoms with E-state index in [4.69, 9.17) is 0 Å². The monoisotopic (exact) mass is 320 g/mol. The molecule has 1 aromatic rings. The molecular formula is C13H19BrF2N2. The van der Waals surface area contributed by atoms with Gasteiger partial charge in [0.05, 0.1) is 4.47 Å². The quantitative estimate of drug-likeness (QED) is 0.811. The molecule has 18 heavy (non-hydrogen) atoms. The second-order valence-corrected chi connectivity index (χ2v) is 5.46. The molecule has 1 unspecified atom stereocenters. The predicted molar refractivity (Wildman–Crippen MR) is 73.8 cm³/mol. The number of benzene rings is 1. The number of hydrogen-bond acceptors (Lipinski definition) is 2. The van der Waals surface area contributed by atoms with Crippen molar-refractivity contribution >= 4 is 15.9 Å². The maximum atomic E-state index is 13.8. The summed E-state index contributed by atoms with van der Waals surface area (Å²) in [5, 5.41) is 3.10. The van der Waals surface area contributed by atoms with Crippen LogP contribution in [0.1, 0.15) is 12.0 Å². The number of hydrogen-bond donors (Lipinski definition) is 1. The second kappa shape index (κ2) is 7.16. The number of nitrogens with one attached hydrogen (secondary N) is 1. The summed E-state index contributed by atoms with van der Waals surface area (Å²) in [6, 6.07) is 2.74. The van der Waals surface area contributed by atoms with Crippen LogP contribution in [-0.4, -0.2) is 38.6 Å². The third-order valence-corrected chi connectivity index (χ3v) is 3.53. The Morgan fingerprint density at radius 2 is 2.00 bits per heavy atom. The molecule has 0 saturated carbocycles. The van der Waals surface area contributed by atoms with E-state index >= 15 is 0 Å². The van der Waals surface area contributed by atoms with Crippen molar-refractivity contribution in [1.82, 2.24) is 10.2 Å². The molecular weight excluding hydrogens is 302 g/mol. The van der Waals surface area contributed by atoms with Crippen LogP contribution in [0.5, 0.6) is 0 Å². The van der Waals surface area contributed by atoms with E-state index in [9.17, 15) is 8.78 Å². The van der Waals surface area contributed by atoms with Crippen molar-refractivity contribution in [3.05, 3.63) is 33.8 Å². The fourth-order valence-corrected chi connectivity index (χ4v) is 2.14. The van der Waals surface area contributed by atoms with Crippen LogP contribution in [0.15, 0.2) is 16.6 Å². The molecule has 0 aliphatic heterocycles. The lowest BCUT2D eigenvalue weighted by Gasteiger charge is -2.19. The van der Waals surface area contributed by atoms with E-state index < -0.39 is 11.6 Å². The van der Waals surface area contributed by atoms with E-state index in [-0.39, 0.29) is 11.6 Å². The van der Waals surface area contributed by atoms with Gasteiger partial charge in [0.25, 0.3) is 0 Å². The average molecular weight is 321 g/mol. The Labute approximate surface area is 115 Å². The lowest BCUT2D eigenvalue weighted by molar-refractivity contribution is 0.361. The molecule has 1 rings (SSSR count). The highest BCUT2D eigenvalue weighted by Crippen LogP contribution is 2.23. The van der Waals surface area contributed by atoms with Crippen LogP contribution in [0.3, 0.4) is 0 Å². The zero-order valence-electron chi connectivity index (χ0n) is 10.9. The first-order valence-corrected chi connectivity index (χ1v) is 6.69. The van der Waals surface area contributed by atoms with Crippen LogP contribution in [0.25, 0.3) is 0 Å². The molecule has 1 N–H and O–H groups in total. The lowest BCUT2D eigenvalue weighted by atomic mass is 10.0. The maximum Gasteiger partial charge on any atom is 0.143 e. The summed E-state index contributed by atoms with van der Waals surface area (Å²) in [7, 11) is 5.77. The number of halogens is 3. The summed E-state index contributed by atoms with van der Waals surface area (Å²) in [6.45, 7) is 0.878. The molecule has 0 aromatic heterocycles. The Morgan fingerprint density at radius 1 is 1.33 bits per heavy atom. The van der Waals surface area contributed by atoms with Crippen molar-refractivity contribution in [1.29, 1.82) is 0 Å². The van der Waals surface area contributed by atoms with Gasteiger partial charge in [-0.2, -0.15) is 0 Å². The van der Waals surface area contributed by atoms with Gasteiger partial charge < -0.3 is 10.2 Å². The van der Waals surface area contributed by atoms with Gasteiger partial charge in [0, 0.05) is 11.6 Å². The van der Waals surface area contributed by atoms with Crippen molar-refractivity contribution in [3.8, 4) is 0 Å². The molecule has 0 heterocycles. The third kappa shape index (κ3) is 4.30. The molecule has 0 aliphatic carbocycles. The number of rotatable bonds is 6. The minimum Gasteiger partial charge on any atom is -0.317 e. The van der Waals surface area contributed by atoms with Crippen molar-refractivity contribution < 1.29 is 8.78 Å². The summed E-state index contributed by atoms with van der Waals surface area (Å²) in [5.74, 6) is -0.985. The van der Waals surface area contributed by atoms with E-state index in [1.54, 1.807) is 0 Å². The molecule has 0 saturated heterocycles. The first-order chi connectivity index (χ1) is 8.45. The Hall–Kier alpha value is -0.520. The second-order valence-electron chi connectivity index (χ2n) is 4.60. The van der Waals surface area contributed by atoms with Crippen LogP contribution in [0.2, 0.25) is 0 Å². The topological polar surface area (TPSA) is 15.3 Å². The molecule has 2 nitrogen and oxygen atoms in total. The smallest absolute Gasteiger partial charge is 0.143 e. The SMILES string of the molecule is CNC(CCN(C)C)Cc1c(F)ccc(Br)c1F. The lowest BCUT2D eigenvalue weighted by Crippen LogP contribution is -2.32.